The zero-order valence-electron chi connectivity index (χ0n) is 11.3. The molecule has 0 bridgehead atoms. The van der Waals surface area contributed by atoms with Crippen LogP contribution in [0.15, 0.2) is 35.5 Å². The number of nitrogens with zero attached hydrogens (tertiary/aromatic N) is 4. The number of tetrazole rings is 1. The summed E-state index contributed by atoms with van der Waals surface area (Å²) < 4.78 is 1.78. The highest BCUT2D eigenvalue weighted by molar-refractivity contribution is 7.99. The lowest BCUT2D eigenvalue weighted by Gasteiger charge is -2.08. The van der Waals surface area contributed by atoms with Crippen molar-refractivity contribution in [3.63, 3.8) is 0 Å². The molecule has 2 rings (SSSR count). The molecule has 0 fully saturated rings. The summed E-state index contributed by atoms with van der Waals surface area (Å²) in [4.78, 5) is 0. The Kier molecular flexibility index (Phi) is 5.35. The molecule has 0 spiro atoms. The van der Waals surface area contributed by atoms with E-state index in [0.29, 0.717) is 6.04 Å². The van der Waals surface area contributed by atoms with Crippen LogP contribution in [-0.2, 0) is 0 Å². The van der Waals surface area contributed by atoms with Crippen LogP contribution in [0, 0.1) is 0 Å². The SMILES string of the molecule is CNC(C)CCCSc1nnnn1-c1ccccc1. The normalized spacial score (nSPS) is 12.5. The van der Waals surface area contributed by atoms with Crippen molar-refractivity contribution < 1.29 is 0 Å². The first kappa shape index (κ1) is 14.0. The van der Waals surface area contributed by atoms with Crippen molar-refractivity contribution in [3.8, 4) is 5.69 Å². The molecule has 1 heterocycles. The fraction of sp³-hybridized carbons (Fsp3) is 0.462. The highest BCUT2D eigenvalue weighted by atomic mass is 32.2. The van der Waals surface area contributed by atoms with Crippen LogP contribution in [0.4, 0.5) is 0 Å². The lowest BCUT2D eigenvalue weighted by atomic mass is 10.2. The second-order valence-corrected chi connectivity index (χ2v) is 5.45. The first-order valence-electron chi connectivity index (χ1n) is 6.45. The molecule has 102 valence electrons. The molecule has 1 aromatic carbocycles. The second-order valence-electron chi connectivity index (χ2n) is 4.39. The van der Waals surface area contributed by atoms with Crippen LogP contribution < -0.4 is 5.32 Å². The van der Waals surface area contributed by atoms with Crippen molar-refractivity contribution in [2.75, 3.05) is 12.8 Å². The maximum Gasteiger partial charge on any atom is 0.214 e. The van der Waals surface area contributed by atoms with Gasteiger partial charge in [-0.25, -0.2) is 0 Å². The molecular formula is C13H19N5S. The predicted octanol–water partition coefficient (Wildman–Crippen LogP) is 2.14. The Morgan fingerprint density at radius 1 is 1.32 bits per heavy atom. The number of para-hydroxylation sites is 1. The molecule has 1 N–H and O–H groups in total. The number of thioether (sulfide) groups is 1. The van der Waals surface area contributed by atoms with Gasteiger partial charge in [-0.15, -0.1) is 5.10 Å². The minimum atomic E-state index is 0.561. The molecule has 0 aliphatic carbocycles. The maximum atomic E-state index is 4.08. The molecule has 5 nitrogen and oxygen atoms in total. The molecule has 2 aromatic rings. The van der Waals surface area contributed by atoms with E-state index in [-0.39, 0.29) is 0 Å². The third kappa shape index (κ3) is 4.04. The van der Waals surface area contributed by atoms with Crippen LogP contribution in [0.1, 0.15) is 19.8 Å². The number of aromatic nitrogens is 4. The van der Waals surface area contributed by atoms with Gasteiger partial charge in [-0.3, -0.25) is 0 Å². The van der Waals surface area contributed by atoms with Gasteiger partial charge in [0.05, 0.1) is 5.69 Å². The van der Waals surface area contributed by atoms with Gasteiger partial charge in [0.15, 0.2) is 0 Å². The second kappa shape index (κ2) is 7.25. The fourth-order valence-electron chi connectivity index (χ4n) is 1.70. The van der Waals surface area contributed by atoms with E-state index < -0.39 is 0 Å². The van der Waals surface area contributed by atoms with Gasteiger partial charge in [-0.05, 0) is 49.4 Å². The Morgan fingerprint density at radius 3 is 2.84 bits per heavy atom. The van der Waals surface area contributed by atoms with Crippen molar-refractivity contribution >= 4 is 11.8 Å². The molecule has 0 saturated heterocycles. The molecule has 19 heavy (non-hydrogen) atoms. The van der Waals surface area contributed by atoms with E-state index in [1.807, 2.05) is 37.4 Å². The largest absolute Gasteiger partial charge is 0.317 e. The summed E-state index contributed by atoms with van der Waals surface area (Å²) in [6, 6.07) is 10.5. The fourth-order valence-corrected chi connectivity index (χ4v) is 2.55. The molecule has 1 unspecified atom stereocenters. The summed E-state index contributed by atoms with van der Waals surface area (Å²) >= 11 is 1.70. The van der Waals surface area contributed by atoms with Crippen molar-refractivity contribution in [1.82, 2.24) is 25.5 Å². The van der Waals surface area contributed by atoms with Crippen molar-refractivity contribution in [1.29, 1.82) is 0 Å². The van der Waals surface area contributed by atoms with Gasteiger partial charge in [0.2, 0.25) is 5.16 Å². The van der Waals surface area contributed by atoms with Gasteiger partial charge in [0.1, 0.15) is 0 Å². The smallest absolute Gasteiger partial charge is 0.214 e. The number of hydrogen-bond acceptors (Lipinski definition) is 5. The van der Waals surface area contributed by atoms with Gasteiger partial charge in [0, 0.05) is 11.8 Å². The Labute approximate surface area is 117 Å². The van der Waals surface area contributed by atoms with Gasteiger partial charge in [-0.1, -0.05) is 30.0 Å². The predicted molar refractivity (Wildman–Crippen MR) is 77.6 cm³/mol. The highest BCUT2D eigenvalue weighted by Gasteiger charge is 2.08. The summed E-state index contributed by atoms with van der Waals surface area (Å²) in [5.41, 5.74) is 0.999. The van der Waals surface area contributed by atoms with Gasteiger partial charge < -0.3 is 5.32 Å². The Morgan fingerprint density at radius 2 is 2.11 bits per heavy atom. The van der Waals surface area contributed by atoms with E-state index in [4.69, 9.17) is 0 Å². The standard InChI is InChI=1S/C13H19N5S/c1-11(14-2)7-6-10-19-13-15-16-17-18(13)12-8-4-3-5-9-12/h3-5,8-9,11,14H,6-7,10H2,1-2H3. The van der Waals surface area contributed by atoms with Crippen LogP contribution in [0.25, 0.3) is 5.69 Å². The summed E-state index contributed by atoms with van der Waals surface area (Å²) in [5, 5.41) is 16.0. The van der Waals surface area contributed by atoms with Crippen LogP contribution >= 0.6 is 11.8 Å². The summed E-state index contributed by atoms with van der Waals surface area (Å²) in [7, 11) is 1.99. The van der Waals surface area contributed by atoms with Crippen LogP contribution in [-0.4, -0.2) is 39.0 Å². The van der Waals surface area contributed by atoms with Crippen LogP contribution in [0.5, 0.6) is 0 Å². The van der Waals surface area contributed by atoms with Crippen LogP contribution in [0.2, 0.25) is 0 Å². The molecule has 0 radical (unpaired) electrons. The van der Waals surface area contributed by atoms with Crippen molar-refractivity contribution in [2.24, 2.45) is 0 Å². The van der Waals surface area contributed by atoms with Crippen LogP contribution in [0.3, 0.4) is 0 Å². The Bertz CT molecular complexity index is 485. The first-order chi connectivity index (χ1) is 9.31. The van der Waals surface area contributed by atoms with Crippen molar-refractivity contribution in [3.05, 3.63) is 30.3 Å². The molecule has 0 amide bonds. The van der Waals surface area contributed by atoms with E-state index in [0.717, 1.165) is 29.4 Å². The zero-order chi connectivity index (χ0) is 13.5. The number of hydrogen-bond donors (Lipinski definition) is 1. The molecule has 0 saturated carbocycles. The molecule has 0 aliphatic rings. The summed E-state index contributed by atoms with van der Waals surface area (Å²) in [5.74, 6) is 1.03. The van der Waals surface area contributed by atoms with Gasteiger partial charge >= 0.3 is 0 Å². The van der Waals surface area contributed by atoms with E-state index in [2.05, 4.69) is 27.8 Å². The summed E-state index contributed by atoms with van der Waals surface area (Å²) in [6.07, 6.45) is 2.31. The number of benzene rings is 1. The van der Waals surface area contributed by atoms with E-state index >= 15 is 0 Å². The number of nitrogens with one attached hydrogen (secondary N) is 1. The average molecular weight is 277 g/mol. The zero-order valence-corrected chi connectivity index (χ0v) is 12.1. The Balaban J connectivity index is 1.90. The molecule has 6 heteroatoms. The lowest BCUT2D eigenvalue weighted by Crippen LogP contribution is -2.20. The minimum Gasteiger partial charge on any atom is -0.317 e. The Hall–Kier alpha value is -1.40. The molecular weight excluding hydrogens is 258 g/mol. The lowest BCUT2D eigenvalue weighted by molar-refractivity contribution is 0.559. The minimum absolute atomic E-state index is 0.561. The third-order valence-corrected chi connectivity index (χ3v) is 3.95. The molecule has 0 aliphatic heterocycles. The first-order valence-corrected chi connectivity index (χ1v) is 7.43. The van der Waals surface area contributed by atoms with Gasteiger partial charge in [-0.2, -0.15) is 4.68 Å². The average Bonchev–Trinajstić information content (AvgIpc) is 2.92. The topological polar surface area (TPSA) is 55.6 Å². The van der Waals surface area contributed by atoms with Gasteiger partial charge in [0.25, 0.3) is 0 Å². The number of rotatable bonds is 7. The maximum absolute atomic E-state index is 4.08. The quantitative estimate of drug-likeness (QED) is 0.621. The van der Waals surface area contributed by atoms with E-state index in [1.54, 1.807) is 16.4 Å². The van der Waals surface area contributed by atoms with Crippen molar-refractivity contribution in [2.45, 2.75) is 31.0 Å². The highest BCUT2D eigenvalue weighted by Crippen LogP contribution is 2.19. The molecule has 1 atom stereocenters. The molecule has 1 aromatic heterocycles. The monoisotopic (exact) mass is 277 g/mol. The third-order valence-electron chi connectivity index (χ3n) is 2.95. The summed E-state index contributed by atoms with van der Waals surface area (Å²) in [6.45, 7) is 2.19. The van der Waals surface area contributed by atoms with E-state index in [1.165, 1.54) is 0 Å². The van der Waals surface area contributed by atoms with E-state index in [9.17, 15) is 0 Å².